The van der Waals surface area contributed by atoms with E-state index in [2.05, 4.69) is 10.6 Å². The van der Waals surface area contributed by atoms with Gasteiger partial charge in [-0.2, -0.15) is 0 Å². The molecule has 1 saturated heterocycles. The number of benzene rings is 3. The first-order valence-corrected chi connectivity index (χ1v) is 11.8. The number of carbonyl (C=O) groups is 2. The van der Waals surface area contributed by atoms with Crippen molar-refractivity contribution in [3.8, 4) is 0 Å². The topological polar surface area (TPSA) is 94.5 Å². The molecule has 7 nitrogen and oxygen atoms in total. The predicted molar refractivity (Wildman–Crippen MR) is 139 cm³/mol. The molecular formula is C27H27ClN4O3. The number of piperidine rings is 1. The second-order valence-electron chi connectivity index (χ2n) is 8.37. The molecule has 0 bridgehead atoms. The van der Waals surface area contributed by atoms with Gasteiger partial charge in [-0.15, -0.1) is 0 Å². The number of rotatable bonds is 6. The van der Waals surface area contributed by atoms with Gasteiger partial charge in [0.2, 0.25) is 6.10 Å². The van der Waals surface area contributed by atoms with Gasteiger partial charge in [0.05, 0.1) is 0 Å². The summed E-state index contributed by atoms with van der Waals surface area (Å²) in [7, 11) is 0. The summed E-state index contributed by atoms with van der Waals surface area (Å²) >= 11 is 5.89. The van der Waals surface area contributed by atoms with E-state index in [4.69, 9.17) is 21.7 Å². The van der Waals surface area contributed by atoms with Crippen molar-refractivity contribution in [2.24, 2.45) is 0 Å². The van der Waals surface area contributed by atoms with Crippen LogP contribution >= 0.6 is 11.6 Å². The number of nitrogens with zero attached hydrogens (tertiary/aromatic N) is 1. The fourth-order valence-electron chi connectivity index (χ4n) is 4.03. The minimum absolute atomic E-state index is 0.472. The quantitative estimate of drug-likeness (QED) is 0.365. The predicted octanol–water partition coefficient (Wildman–Crippen LogP) is 6.54. The molecule has 8 heteroatoms. The van der Waals surface area contributed by atoms with Gasteiger partial charge in [0, 0.05) is 40.6 Å². The molecule has 3 aromatic rings. The Morgan fingerprint density at radius 1 is 0.971 bits per heavy atom. The third-order valence-corrected chi connectivity index (χ3v) is 6.03. The summed E-state index contributed by atoms with van der Waals surface area (Å²) in [4.78, 5) is 27.8. The fourth-order valence-corrected chi connectivity index (χ4v) is 4.16. The second kappa shape index (κ2) is 11.1. The van der Waals surface area contributed by atoms with Gasteiger partial charge in [-0.3, -0.25) is 15.5 Å². The molecular weight excluding hydrogens is 464 g/mol. The first-order chi connectivity index (χ1) is 16.9. The van der Waals surface area contributed by atoms with Crippen LogP contribution in [0.15, 0.2) is 72.8 Å². The van der Waals surface area contributed by atoms with E-state index in [0.29, 0.717) is 27.8 Å². The van der Waals surface area contributed by atoms with Gasteiger partial charge in [0.1, 0.15) is 5.84 Å². The van der Waals surface area contributed by atoms with Crippen molar-refractivity contribution < 1.29 is 14.3 Å². The Bertz CT molecular complexity index is 1210. The maximum Gasteiger partial charge on any atom is 0.412 e. The molecule has 0 unspecified atom stereocenters. The van der Waals surface area contributed by atoms with Crippen LogP contribution in [0.1, 0.15) is 36.5 Å². The summed E-state index contributed by atoms with van der Waals surface area (Å²) in [5.74, 6) is 0.140. The summed E-state index contributed by atoms with van der Waals surface area (Å²) in [6.07, 6.45) is 0.945. The molecule has 3 aromatic carbocycles. The molecule has 1 heterocycles. The Hall–Kier alpha value is -3.84. The molecule has 0 aliphatic carbocycles. The lowest BCUT2D eigenvalue weighted by Crippen LogP contribution is -2.35. The molecule has 1 fully saturated rings. The van der Waals surface area contributed by atoms with Crippen LogP contribution in [0.3, 0.4) is 0 Å². The molecule has 0 spiro atoms. The van der Waals surface area contributed by atoms with E-state index in [-0.39, 0.29) is 0 Å². The molecule has 35 heavy (non-hydrogen) atoms. The summed E-state index contributed by atoms with van der Waals surface area (Å²) in [6, 6.07) is 21.0. The van der Waals surface area contributed by atoms with Crippen molar-refractivity contribution >= 4 is 46.5 Å². The van der Waals surface area contributed by atoms with Gasteiger partial charge in [-0.1, -0.05) is 41.9 Å². The van der Waals surface area contributed by atoms with Crippen molar-refractivity contribution in [2.45, 2.75) is 32.3 Å². The van der Waals surface area contributed by atoms with E-state index >= 15 is 0 Å². The minimum Gasteiger partial charge on any atom is -0.431 e. The van der Waals surface area contributed by atoms with Crippen LogP contribution in [0.25, 0.3) is 0 Å². The van der Waals surface area contributed by atoms with Crippen LogP contribution in [0.4, 0.5) is 21.9 Å². The first kappa shape index (κ1) is 24.3. The first-order valence-electron chi connectivity index (χ1n) is 11.5. The molecule has 3 N–H and O–H groups in total. The normalized spacial score (nSPS) is 14.2. The Morgan fingerprint density at radius 2 is 1.69 bits per heavy atom. The molecule has 4 rings (SSSR count). The zero-order valence-corrected chi connectivity index (χ0v) is 20.1. The highest BCUT2D eigenvalue weighted by atomic mass is 35.5. The van der Waals surface area contributed by atoms with Crippen LogP contribution in [0, 0.1) is 12.3 Å². The molecule has 0 aromatic heterocycles. The Kier molecular flexibility index (Phi) is 7.67. The lowest BCUT2D eigenvalue weighted by atomic mass is 10.1. The maximum absolute atomic E-state index is 13.2. The van der Waals surface area contributed by atoms with Gasteiger partial charge in [-0.25, -0.2) is 4.79 Å². The SMILES string of the molecule is Cc1cc(NC(=O)[C@H](OC(=O)Nc2ccc(Cl)cc2)c2ccccc2)ccc1N1CCCCC1=N. The van der Waals surface area contributed by atoms with Crippen molar-refractivity contribution in [3.63, 3.8) is 0 Å². The Labute approximate surface area is 209 Å². The smallest absolute Gasteiger partial charge is 0.412 e. The number of hydrogen-bond acceptors (Lipinski definition) is 4. The summed E-state index contributed by atoms with van der Waals surface area (Å²) in [5.41, 5.74) is 3.55. The van der Waals surface area contributed by atoms with Crippen LogP contribution in [-0.4, -0.2) is 24.4 Å². The second-order valence-corrected chi connectivity index (χ2v) is 8.81. The van der Waals surface area contributed by atoms with E-state index < -0.39 is 18.1 Å². The van der Waals surface area contributed by atoms with Crippen molar-refractivity contribution in [1.29, 1.82) is 5.41 Å². The van der Waals surface area contributed by atoms with Crippen molar-refractivity contribution in [1.82, 2.24) is 0 Å². The van der Waals surface area contributed by atoms with E-state index in [1.54, 1.807) is 54.6 Å². The summed E-state index contributed by atoms with van der Waals surface area (Å²) < 4.78 is 5.54. The zero-order valence-electron chi connectivity index (χ0n) is 19.4. The van der Waals surface area contributed by atoms with Crippen molar-refractivity contribution in [2.75, 3.05) is 22.1 Å². The number of amides is 2. The molecule has 2 amide bonds. The highest BCUT2D eigenvalue weighted by molar-refractivity contribution is 6.30. The Balaban J connectivity index is 1.49. The maximum atomic E-state index is 13.2. The molecule has 0 saturated carbocycles. The van der Waals surface area contributed by atoms with Crippen LogP contribution in [0.5, 0.6) is 0 Å². The van der Waals surface area contributed by atoms with Gasteiger partial charge in [0.15, 0.2) is 0 Å². The van der Waals surface area contributed by atoms with Crippen LogP contribution < -0.4 is 15.5 Å². The summed E-state index contributed by atoms with van der Waals surface area (Å²) in [6.45, 7) is 2.77. The molecule has 1 aliphatic heterocycles. The molecule has 180 valence electrons. The average Bonchev–Trinajstić information content (AvgIpc) is 2.85. The lowest BCUT2D eigenvalue weighted by Gasteiger charge is -2.30. The number of aryl methyl sites for hydroxylation is 1. The number of amidine groups is 1. The van der Waals surface area contributed by atoms with E-state index in [9.17, 15) is 9.59 Å². The zero-order chi connectivity index (χ0) is 24.8. The number of halogens is 1. The lowest BCUT2D eigenvalue weighted by molar-refractivity contribution is -0.124. The number of nitrogens with one attached hydrogen (secondary N) is 3. The van der Waals surface area contributed by atoms with Gasteiger partial charge < -0.3 is 15.0 Å². The molecule has 1 aliphatic rings. The van der Waals surface area contributed by atoms with E-state index in [1.165, 1.54) is 0 Å². The van der Waals surface area contributed by atoms with E-state index in [1.807, 2.05) is 30.0 Å². The number of anilines is 3. The number of carbonyl (C=O) groups excluding carboxylic acids is 2. The third kappa shape index (κ3) is 6.19. The van der Waals surface area contributed by atoms with Crippen LogP contribution in [-0.2, 0) is 9.53 Å². The Morgan fingerprint density at radius 3 is 2.37 bits per heavy atom. The number of hydrogen-bond donors (Lipinski definition) is 3. The van der Waals surface area contributed by atoms with Gasteiger partial charge in [-0.05, 0) is 67.8 Å². The molecule has 1 atom stereocenters. The minimum atomic E-state index is -1.15. The van der Waals surface area contributed by atoms with Gasteiger partial charge >= 0.3 is 6.09 Å². The molecule has 0 radical (unpaired) electrons. The largest absolute Gasteiger partial charge is 0.431 e. The number of ether oxygens (including phenoxy) is 1. The van der Waals surface area contributed by atoms with Crippen molar-refractivity contribution in [3.05, 3.63) is 88.9 Å². The van der Waals surface area contributed by atoms with Gasteiger partial charge in [0.25, 0.3) is 5.91 Å². The average molecular weight is 491 g/mol. The monoisotopic (exact) mass is 490 g/mol. The van der Waals surface area contributed by atoms with E-state index in [0.717, 1.165) is 37.1 Å². The van der Waals surface area contributed by atoms with Crippen LogP contribution in [0.2, 0.25) is 5.02 Å². The standard InChI is InChI=1S/C27H27ClN4O3/c1-18-17-22(14-15-23(18)32-16-6-5-9-24(32)29)30-26(33)25(19-7-3-2-4-8-19)35-27(34)31-21-12-10-20(28)11-13-21/h2-4,7-8,10-15,17,25,29H,5-6,9,16H2,1H3,(H,30,33)(H,31,34)/t25-/m1/s1. The summed E-state index contributed by atoms with van der Waals surface area (Å²) in [5, 5.41) is 14.3. The third-order valence-electron chi connectivity index (χ3n) is 5.78. The highest BCUT2D eigenvalue weighted by Gasteiger charge is 2.26. The highest BCUT2D eigenvalue weighted by Crippen LogP contribution is 2.28. The fraction of sp³-hybridized carbons (Fsp3) is 0.222.